The summed E-state index contributed by atoms with van der Waals surface area (Å²) in [5, 5.41) is 0. The first-order valence-corrected chi connectivity index (χ1v) is 8.09. The van der Waals surface area contributed by atoms with Gasteiger partial charge in [0.1, 0.15) is 5.82 Å². The van der Waals surface area contributed by atoms with E-state index < -0.39 is 0 Å². The summed E-state index contributed by atoms with van der Waals surface area (Å²) in [6.07, 6.45) is 8.71. The molecule has 1 aromatic rings. The molecule has 0 bridgehead atoms. The Balaban J connectivity index is 1.90. The molecule has 1 aliphatic heterocycles. The molecule has 0 amide bonds. The average molecular weight is 330 g/mol. The Morgan fingerprint density at radius 3 is 3.00 bits per heavy atom. The molecule has 18 heavy (non-hydrogen) atoms. The van der Waals surface area contributed by atoms with Gasteiger partial charge in [-0.25, -0.2) is 4.98 Å². The smallest absolute Gasteiger partial charge is 0.133 e. The van der Waals surface area contributed by atoms with Crippen molar-refractivity contribution in [3.8, 4) is 0 Å². The number of hydrogen-bond donors (Lipinski definition) is 0. The Hall–Kier alpha value is -0.280. The van der Waals surface area contributed by atoms with E-state index in [0.717, 1.165) is 28.3 Å². The summed E-state index contributed by atoms with van der Waals surface area (Å²) < 4.78 is 1.02. The maximum Gasteiger partial charge on any atom is 0.133 e. The zero-order valence-corrected chi connectivity index (χ0v) is 12.8. The van der Waals surface area contributed by atoms with Crippen LogP contribution >= 0.6 is 27.5 Å². The fourth-order valence-electron chi connectivity index (χ4n) is 3.50. The molecule has 98 valence electrons. The normalized spacial score (nSPS) is 27.3. The minimum atomic E-state index is 0.537. The maximum atomic E-state index is 6.07. The van der Waals surface area contributed by atoms with E-state index in [0.29, 0.717) is 11.9 Å². The molecule has 1 saturated carbocycles. The third-order valence-corrected chi connectivity index (χ3v) is 5.06. The van der Waals surface area contributed by atoms with Crippen molar-refractivity contribution in [2.75, 3.05) is 11.4 Å². The van der Waals surface area contributed by atoms with Crippen molar-refractivity contribution in [2.24, 2.45) is 5.92 Å². The lowest BCUT2D eigenvalue weighted by Gasteiger charge is -2.33. The van der Waals surface area contributed by atoms with Crippen LogP contribution in [0, 0.1) is 5.92 Å². The predicted molar refractivity (Wildman–Crippen MR) is 79.2 cm³/mol. The highest BCUT2D eigenvalue weighted by molar-refractivity contribution is 9.10. The van der Waals surface area contributed by atoms with E-state index in [2.05, 4.69) is 31.9 Å². The topological polar surface area (TPSA) is 16.1 Å². The fraction of sp³-hybridized carbons (Fsp3) is 0.643. The molecule has 1 aliphatic carbocycles. The molecule has 2 heterocycles. The first kappa shape index (κ1) is 12.7. The highest BCUT2D eigenvalue weighted by atomic mass is 79.9. The van der Waals surface area contributed by atoms with E-state index in [9.17, 15) is 0 Å². The van der Waals surface area contributed by atoms with Gasteiger partial charge in [-0.1, -0.05) is 12.8 Å². The third kappa shape index (κ3) is 2.27. The molecule has 2 fully saturated rings. The van der Waals surface area contributed by atoms with Gasteiger partial charge in [-0.3, -0.25) is 0 Å². The highest BCUT2D eigenvalue weighted by Crippen LogP contribution is 2.39. The summed E-state index contributed by atoms with van der Waals surface area (Å²) in [6.45, 7) is 1.15. The number of nitrogens with zero attached hydrogens (tertiary/aromatic N) is 2. The van der Waals surface area contributed by atoms with Gasteiger partial charge in [0.2, 0.25) is 0 Å². The molecule has 3 rings (SSSR count). The van der Waals surface area contributed by atoms with Gasteiger partial charge in [-0.15, -0.1) is 11.6 Å². The predicted octanol–water partition coefficient (Wildman–Crippen LogP) is 4.35. The van der Waals surface area contributed by atoms with E-state index in [4.69, 9.17) is 11.6 Å². The van der Waals surface area contributed by atoms with Crippen molar-refractivity contribution >= 4 is 33.3 Å². The lowest BCUT2D eigenvalue weighted by molar-refractivity contribution is 0.341. The summed E-state index contributed by atoms with van der Waals surface area (Å²) in [6, 6.07) is 2.81. The number of fused-ring (bicyclic) bond motifs is 1. The van der Waals surface area contributed by atoms with Crippen LogP contribution in [0.4, 0.5) is 5.82 Å². The number of rotatable bonds is 2. The molecule has 0 aromatic carbocycles. The largest absolute Gasteiger partial charge is 0.353 e. The van der Waals surface area contributed by atoms with Crippen molar-refractivity contribution in [1.29, 1.82) is 0 Å². The molecule has 2 unspecified atom stereocenters. The minimum Gasteiger partial charge on any atom is -0.353 e. The summed E-state index contributed by atoms with van der Waals surface area (Å²) in [5.41, 5.74) is 1.15. The zero-order valence-electron chi connectivity index (χ0n) is 10.4. The van der Waals surface area contributed by atoms with Crippen molar-refractivity contribution < 1.29 is 0 Å². The summed E-state index contributed by atoms with van der Waals surface area (Å²) in [5.74, 6) is 2.53. The Morgan fingerprint density at radius 1 is 1.33 bits per heavy atom. The monoisotopic (exact) mass is 328 g/mol. The van der Waals surface area contributed by atoms with Crippen LogP contribution in [0.25, 0.3) is 0 Å². The van der Waals surface area contributed by atoms with Crippen LogP contribution in [-0.4, -0.2) is 17.6 Å². The van der Waals surface area contributed by atoms with Gasteiger partial charge in [0.05, 0.1) is 5.88 Å². The van der Waals surface area contributed by atoms with Crippen molar-refractivity contribution in [3.63, 3.8) is 0 Å². The lowest BCUT2D eigenvalue weighted by atomic mass is 9.85. The van der Waals surface area contributed by atoms with Crippen LogP contribution in [0.2, 0.25) is 0 Å². The molecule has 1 aromatic heterocycles. The van der Waals surface area contributed by atoms with Gasteiger partial charge >= 0.3 is 0 Å². The molecule has 4 heteroatoms. The number of alkyl halides is 1. The van der Waals surface area contributed by atoms with Crippen LogP contribution in [0.3, 0.4) is 0 Å². The lowest BCUT2D eigenvalue weighted by Crippen LogP contribution is -2.35. The van der Waals surface area contributed by atoms with Gasteiger partial charge in [0, 0.05) is 28.8 Å². The molecule has 0 radical (unpaired) electrons. The second-order valence-electron chi connectivity index (χ2n) is 5.36. The fourth-order valence-corrected chi connectivity index (χ4v) is 4.08. The molecule has 2 aliphatic rings. The number of hydrogen-bond acceptors (Lipinski definition) is 2. The van der Waals surface area contributed by atoms with E-state index >= 15 is 0 Å². The second kappa shape index (κ2) is 5.38. The van der Waals surface area contributed by atoms with Crippen LogP contribution in [0.1, 0.15) is 37.7 Å². The first-order chi connectivity index (χ1) is 8.79. The van der Waals surface area contributed by atoms with E-state index in [1.165, 1.54) is 32.1 Å². The number of anilines is 1. The van der Waals surface area contributed by atoms with Gasteiger partial charge in [-0.2, -0.15) is 0 Å². The van der Waals surface area contributed by atoms with Gasteiger partial charge in [0.25, 0.3) is 0 Å². The molecular weight excluding hydrogens is 312 g/mol. The summed E-state index contributed by atoms with van der Waals surface area (Å²) in [4.78, 5) is 7.12. The van der Waals surface area contributed by atoms with Gasteiger partial charge in [0.15, 0.2) is 0 Å². The molecular formula is C14H18BrClN2. The summed E-state index contributed by atoms with van der Waals surface area (Å²) in [7, 11) is 0. The Labute approximate surface area is 122 Å². The van der Waals surface area contributed by atoms with E-state index in [1.54, 1.807) is 0 Å². The number of aromatic nitrogens is 1. The number of pyridine rings is 1. The van der Waals surface area contributed by atoms with Crippen molar-refractivity contribution in [3.05, 3.63) is 22.3 Å². The van der Waals surface area contributed by atoms with Crippen molar-refractivity contribution in [2.45, 2.75) is 44.0 Å². The highest BCUT2D eigenvalue weighted by Gasteiger charge is 2.36. The Morgan fingerprint density at radius 2 is 2.17 bits per heavy atom. The van der Waals surface area contributed by atoms with Gasteiger partial charge in [-0.05, 0) is 47.2 Å². The molecule has 2 atom stereocenters. The SMILES string of the molecule is ClCc1cc(Br)cnc1N1CCC2CCCCC21. The second-order valence-corrected chi connectivity index (χ2v) is 6.55. The molecule has 1 saturated heterocycles. The zero-order chi connectivity index (χ0) is 12.5. The van der Waals surface area contributed by atoms with Gasteiger partial charge < -0.3 is 4.90 Å². The van der Waals surface area contributed by atoms with E-state index in [-0.39, 0.29) is 0 Å². The summed E-state index contributed by atoms with van der Waals surface area (Å²) >= 11 is 9.55. The third-order valence-electron chi connectivity index (χ3n) is 4.34. The molecule has 0 spiro atoms. The Kier molecular flexibility index (Phi) is 3.81. The van der Waals surface area contributed by atoms with Crippen molar-refractivity contribution in [1.82, 2.24) is 4.98 Å². The Bertz CT molecular complexity index is 438. The quantitative estimate of drug-likeness (QED) is 0.750. The molecule has 2 nitrogen and oxygen atoms in total. The standard InChI is InChI=1S/C14H18BrClN2/c15-12-7-11(8-16)14(17-9-12)18-6-5-10-3-1-2-4-13(10)18/h7,9-10,13H,1-6,8H2. The van der Waals surface area contributed by atoms with Crippen LogP contribution < -0.4 is 4.90 Å². The van der Waals surface area contributed by atoms with Crippen LogP contribution in [0.15, 0.2) is 16.7 Å². The van der Waals surface area contributed by atoms with Crippen LogP contribution in [0.5, 0.6) is 0 Å². The maximum absolute atomic E-state index is 6.07. The minimum absolute atomic E-state index is 0.537. The molecule has 0 N–H and O–H groups in total. The number of halogens is 2. The first-order valence-electron chi connectivity index (χ1n) is 6.76. The van der Waals surface area contributed by atoms with E-state index in [1.807, 2.05) is 6.20 Å². The van der Waals surface area contributed by atoms with Crippen LogP contribution in [-0.2, 0) is 5.88 Å². The average Bonchev–Trinajstić information content (AvgIpc) is 2.82.